The lowest BCUT2D eigenvalue weighted by atomic mass is 10.0. The van der Waals surface area contributed by atoms with Crippen molar-refractivity contribution in [2.24, 2.45) is 5.73 Å². The molecule has 0 saturated heterocycles. The van der Waals surface area contributed by atoms with Crippen molar-refractivity contribution in [2.45, 2.75) is 52.1 Å². The summed E-state index contributed by atoms with van der Waals surface area (Å²) in [7, 11) is 0. The van der Waals surface area contributed by atoms with Gasteiger partial charge >= 0.3 is 0 Å². The number of halogens is 1. The summed E-state index contributed by atoms with van der Waals surface area (Å²) < 4.78 is 1.03. The second-order valence-corrected chi connectivity index (χ2v) is 5.98. The third-order valence-corrected chi connectivity index (χ3v) is 4.21. The van der Waals surface area contributed by atoms with Gasteiger partial charge in [0.05, 0.1) is 12.1 Å². The minimum atomic E-state index is -0.392. The predicted molar refractivity (Wildman–Crippen MR) is 87.4 cm³/mol. The van der Waals surface area contributed by atoms with Crippen molar-refractivity contribution in [3.63, 3.8) is 0 Å². The molecule has 0 aliphatic carbocycles. The second kappa shape index (κ2) is 8.42. The monoisotopic (exact) mass is 340 g/mol. The van der Waals surface area contributed by atoms with Crippen LogP contribution < -0.4 is 5.73 Å². The summed E-state index contributed by atoms with van der Waals surface area (Å²) in [5.74, 6) is 0.0527. The molecule has 2 atom stereocenters. The van der Waals surface area contributed by atoms with Gasteiger partial charge < -0.3 is 10.6 Å². The fourth-order valence-electron chi connectivity index (χ4n) is 2.36. The average molecular weight is 341 g/mol. The van der Waals surface area contributed by atoms with Crippen LogP contribution in [0.1, 0.15) is 51.6 Å². The average Bonchev–Trinajstić information content (AvgIpc) is 2.44. The number of hydrogen-bond donors (Lipinski definition) is 1. The molecule has 1 aromatic carbocycles. The molecule has 1 rings (SSSR count). The van der Waals surface area contributed by atoms with Gasteiger partial charge in [-0.1, -0.05) is 54.4 Å². The summed E-state index contributed by atoms with van der Waals surface area (Å²) in [6, 6.07) is 7.67. The van der Waals surface area contributed by atoms with Gasteiger partial charge in [0.1, 0.15) is 0 Å². The van der Waals surface area contributed by atoms with Gasteiger partial charge in [-0.25, -0.2) is 0 Å². The van der Waals surface area contributed by atoms with Crippen LogP contribution in [0.3, 0.4) is 0 Å². The van der Waals surface area contributed by atoms with Crippen molar-refractivity contribution in [3.8, 4) is 0 Å². The zero-order valence-electron chi connectivity index (χ0n) is 12.6. The molecule has 1 unspecified atom stereocenters. The lowest BCUT2D eigenvalue weighted by molar-refractivity contribution is -0.135. The van der Waals surface area contributed by atoms with Gasteiger partial charge in [0, 0.05) is 11.0 Å². The molecule has 4 heteroatoms. The first kappa shape index (κ1) is 17.2. The number of nitrogens with two attached hydrogens (primary N) is 1. The molecular weight excluding hydrogens is 316 g/mol. The highest BCUT2D eigenvalue weighted by atomic mass is 79.9. The van der Waals surface area contributed by atoms with Crippen molar-refractivity contribution in [1.82, 2.24) is 4.90 Å². The van der Waals surface area contributed by atoms with E-state index >= 15 is 0 Å². The summed E-state index contributed by atoms with van der Waals surface area (Å²) in [5, 5.41) is 0. The van der Waals surface area contributed by atoms with E-state index in [0.717, 1.165) is 35.8 Å². The molecule has 0 bridgehead atoms. The lowest BCUT2D eigenvalue weighted by Crippen LogP contribution is -2.45. The van der Waals surface area contributed by atoms with Crippen LogP contribution >= 0.6 is 15.9 Å². The van der Waals surface area contributed by atoms with Crippen LogP contribution in [0.5, 0.6) is 0 Å². The van der Waals surface area contributed by atoms with E-state index in [9.17, 15) is 4.79 Å². The van der Waals surface area contributed by atoms with E-state index in [4.69, 9.17) is 5.73 Å². The molecule has 0 spiro atoms. The number of carbonyl (C=O) groups excluding carboxylic acids is 1. The third kappa shape index (κ3) is 4.32. The molecule has 0 aromatic heterocycles. The molecule has 0 radical (unpaired) electrons. The van der Waals surface area contributed by atoms with Crippen LogP contribution in [0.15, 0.2) is 28.7 Å². The number of carbonyl (C=O) groups is 1. The standard InChI is InChI=1S/C16H25BrN2O/c1-4-8-15(18)16(20)19(11-5-2)12(3)13-9-6-7-10-14(13)17/h6-7,9-10,12,15H,4-5,8,11,18H2,1-3H3/t12?,15-/m0/s1. The molecule has 1 amide bonds. The maximum Gasteiger partial charge on any atom is 0.239 e. The van der Waals surface area contributed by atoms with Crippen LogP contribution in [-0.2, 0) is 4.79 Å². The lowest BCUT2D eigenvalue weighted by Gasteiger charge is -2.32. The van der Waals surface area contributed by atoms with E-state index in [0.29, 0.717) is 0 Å². The summed E-state index contributed by atoms with van der Waals surface area (Å²) in [5.41, 5.74) is 7.13. The highest BCUT2D eigenvalue weighted by Crippen LogP contribution is 2.28. The first-order valence-corrected chi connectivity index (χ1v) is 8.12. The fourth-order valence-corrected chi connectivity index (χ4v) is 2.98. The zero-order chi connectivity index (χ0) is 15.1. The Bertz CT molecular complexity index is 436. The molecule has 20 heavy (non-hydrogen) atoms. The van der Waals surface area contributed by atoms with Gasteiger partial charge in [0.25, 0.3) is 0 Å². The van der Waals surface area contributed by atoms with E-state index < -0.39 is 6.04 Å². The van der Waals surface area contributed by atoms with Crippen LogP contribution in [0.4, 0.5) is 0 Å². The maximum absolute atomic E-state index is 12.5. The van der Waals surface area contributed by atoms with Crippen LogP contribution in [0.25, 0.3) is 0 Å². The molecule has 3 nitrogen and oxygen atoms in total. The van der Waals surface area contributed by atoms with Crippen molar-refractivity contribution in [1.29, 1.82) is 0 Å². The quantitative estimate of drug-likeness (QED) is 0.818. The fraction of sp³-hybridized carbons (Fsp3) is 0.562. The number of rotatable bonds is 7. The Balaban J connectivity index is 2.95. The second-order valence-electron chi connectivity index (χ2n) is 5.12. The highest BCUT2D eigenvalue weighted by molar-refractivity contribution is 9.10. The first-order valence-electron chi connectivity index (χ1n) is 7.33. The first-order chi connectivity index (χ1) is 9.52. The van der Waals surface area contributed by atoms with E-state index in [2.05, 4.69) is 42.8 Å². The number of hydrogen-bond acceptors (Lipinski definition) is 2. The molecule has 1 aromatic rings. The topological polar surface area (TPSA) is 46.3 Å². The Morgan fingerprint density at radius 2 is 1.95 bits per heavy atom. The molecule has 0 heterocycles. The molecule has 0 aliphatic rings. The minimum absolute atomic E-state index is 0.0286. The van der Waals surface area contributed by atoms with E-state index in [1.54, 1.807) is 0 Å². The van der Waals surface area contributed by atoms with Gasteiger partial charge in [-0.3, -0.25) is 4.79 Å². The Morgan fingerprint density at radius 1 is 1.30 bits per heavy atom. The van der Waals surface area contributed by atoms with E-state index in [-0.39, 0.29) is 11.9 Å². The highest BCUT2D eigenvalue weighted by Gasteiger charge is 2.25. The summed E-state index contributed by atoms with van der Waals surface area (Å²) in [4.78, 5) is 14.4. The Labute approximate surface area is 130 Å². The summed E-state index contributed by atoms with van der Waals surface area (Å²) >= 11 is 3.56. The van der Waals surface area contributed by atoms with Gasteiger partial charge in [-0.05, 0) is 31.4 Å². The summed E-state index contributed by atoms with van der Waals surface area (Å²) in [6.07, 6.45) is 2.59. The Morgan fingerprint density at radius 3 is 2.50 bits per heavy atom. The molecule has 0 fully saturated rings. The predicted octanol–water partition coefficient (Wildman–Crippen LogP) is 3.88. The molecular formula is C16H25BrN2O. The smallest absolute Gasteiger partial charge is 0.239 e. The van der Waals surface area contributed by atoms with Crippen molar-refractivity contribution >= 4 is 21.8 Å². The number of amides is 1. The minimum Gasteiger partial charge on any atom is -0.335 e. The molecule has 2 N–H and O–H groups in total. The van der Waals surface area contributed by atoms with Crippen molar-refractivity contribution in [2.75, 3.05) is 6.54 Å². The van der Waals surface area contributed by atoms with Gasteiger partial charge in [-0.2, -0.15) is 0 Å². The molecule has 112 valence electrons. The van der Waals surface area contributed by atoms with Gasteiger partial charge in [0.2, 0.25) is 5.91 Å². The Kier molecular flexibility index (Phi) is 7.24. The van der Waals surface area contributed by atoms with E-state index in [1.807, 2.05) is 23.1 Å². The van der Waals surface area contributed by atoms with E-state index in [1.165, 1.54) is 0 Å². The SMILES string of the molecule is CCC[C@H](N)C(=O)N(CCC)C(C)c1ccccc1Br. The molecule has 0 saturated carbocycles. The maximum atomic E-state index is 12.5. The van der Waals surface area contributed by atoms with Crippen LogP contribution in [0.2, 0.25) is 0 Å². The van der Waals surface area contributed by atoms with Crippen molar-refractivity contribution in [3.05, 3.63) is 34.3 Å². The largest absolute Gasteiger partial charge is 0.335 e. The van der Waals surface area contributed by atoms with Gasteiger partial charge in [-0.15, -0.1) is 0 Å². The van der Waals surface area contributed by atoms with Crippen LogP contribution in [-0.4, -0.2) is 23.4 Å². The normalized spacial score (nSPS) is 13.8. The summed E-state index contributed by atoms with van der Waals surface area (Å²) in [6.45, 7) is 6.93. The number of nitrogens with zero attached hydrogens (tertiary/aromatic N) is 1. The third-order valence-electron chi connectivity index (χ3n) is 3.49. The zero-order valence-corrected chi connectivity index (χ0v) is 14.2. The Hall–Kier alpha value is -0.870. The molecule has 0 aliphatic heterocycles. The van der Waals surface area contributed by atoms with Crippen molar-refractivity contribution < 1.29 is 4.79 Å². The van der Waals surface area contributed by atoms with Crippen LogP contribution in [0, 0.1) is 0 Å². The number of benzene rings is 1. The van der Waals surface area contributed by atoms with Gasteiger partial charge in [0.15, 0.2) is 0 Å².